The number of aliphatic hydroxyl groups is 1. The molecule has 3 atom stereocenters. The van der Waals surface area contributed by atoms with E-state index in [0.29, 0.717) is 13.1 Å². The third-order valence-electron chi connectivity index (χ3n) is 4.77. The number of urea groups is 1. The molecule has 2 N–H and O–H groups in total. The SMILES string of the molecule is CC(O)CN(C)C(=O)NCc1ccccc1CN1CC(C)CC(C)C1. The van der Waals surface area contributed by atoms with Crippen molar-refractivity contribution in [3.05, 3.63) is 35.4 Å². The molecule has 1 aromatic rings. The molecule has 2 amide bonds. The minimum absolute atomic E-state index is 0.157. The third kappa shape index (κ3) is 6.33. The molecule has 0 saturated carbocycles. The molecule has 2 rings (SSSR count). The summed E-state index contributed by atoms with van der Waals surface area (Å²) in [5, 5.41) is 12.4. The van der Waals surface area contributed by atoms with Gasteiger partial charge in [0, 0.05) is 39.8 Å². The molecule has 0 aliphatic carbocycles. The third-order valence-corrected chi connectivity index (χ3v) is 4.77. The van der Waals surface area contributed by atoms with Crippen LogP contribution in [0.1, 0.15) is 38.3 Å². The Kier molecular flexibility index (Phi) is 7.26. The Labute approximate surface area is 152 Å². The zero-order valence-corrected chi connectivity index (χ0v) is 16.0. The molecule has 5 nitrogen and oxygen atoms in total. The molecule has 1 saturated heterocycles. The molecular formula is C20H33N3O2. The summed E-state index contributed by atoms with van der Waals surface area (Å²) in [6.07, 6.45) is 0.787. The first-order valence-electron chi connectivity index (χ1n) is 9.31. The van der Waals surface area contributed by atoms with Crippen molar-refractivity contribution in [1.29, 1.82) is 0 Å². The number of nitrogens with one attached hydrogen (secondary N) is 1. The summed E-state index contributed by atoms with van der Waals surface area (Å²) < 4.78 is 0. The monoisotopic (exact) mass is 347 g/mol. The van der Waals surface area contributed by atoms with E-state index in [0.717, 1.165) is 37.0 Å². The Bertz CT molecular complexity index is 552. The van der Waals surface area contributed by atoms with Gasteiger partial charge in [0.05, 0.1) is 6.10 Å². The summed E-state index contributed by atoms with van der Waals surface area (Å²) in [4.78, 5) is 16.2. The molecule has 0 radical (unpaired) electrons. The second-order valence-electron chi connectivity index (χ2n) is 7.80. The van der Waals surface area contributed by atoms with Crippen molar-refractivity contribution < 1.29 is 9.90 Å². The van der Waals surface area contributed by atoms with Crippen molar-refractivity contribution in [2.45, 2.75) is 46.4 Å². The van der Waals surface area contributed by atoms with Crippen LogP contribution in [0.2, 0.25) is 0 Å². The lowest BCUT2D eigenvalue weighted by Gasteiger charge is -2.35. The highest BCUT2D eigenvalue weighted by molar-refractivity contribution is 5.73. The van der Waals surface area contributed by atoms with Crippen LogP contribution >= 0.6 is 0 Å². The fourth-order valence-electron chi connectivity index (χ4n) is 3.83. The van der Waals surface area contributed by atoms with Crippen molar-refractivity contribution >= 4 is 6.03 Å². The lowest BCUT2D eigenvalue weighted by atomic mass is 9.91. The molecule has 0 aromatic heterocycles. The Balaban J connectivity index is 1.95. The lowest BCUT2D eigenvalue weighted by Crippen LogP contribution is -2.40. The van der Waals surface area contributed by atoms with Crippen molar-refractivity contribution in [2.75, 3.05) is 26.7 Å². The summed E-state index contributed by atoms with van der Waals surface area (Å²) in [6, 6.07) is 8.17. The molecule has 1 aromatic carbocycles. The number of benzene rings is 1. The molecule has 3 unspecified atom stereocenters. The zero-order chi connectivity index (χ0) is 18.4. The molecule has 1 aliphatic heterocycles. The van der Waals surface area contributed by atoms with Gasteiger partial charge in [-0.15, -0.1) is 0 Å². The van der Waals surface area contributed by atoms with Crippen LogP contribution in [-0.2, 0) is 13.1 Å². The second kappa shape index (κ2) is 9.20. The van der Waals surface area contributed by atoms with E-state index in [1.54, 1.807) is 14.0 Å². The molecule has 1 heterocycles. The number of hydrogen-bond donors (Lipinski definition) is 2. The van der Waals surface area contributed by atoms with E-state index < -0.39 is 6.10 Å². The number of aliphatic hydroxyl groups excluding tert-OH is 1. The van der Waals surface area contributed by atoms with Crippen LogP contribution in [0.4, 0.5) is 4.79 Å². The van der Waals surface area contributed by atoms with Crippen LogP contribution < -0.4 is 5.32 Å². The van der Waals surface area contributed by atoms with Gasteiger partial charge in [-0.1, -0.05) is 38.1 Å². The smallest absolute Gasteiger partial charge is 0.317 e. The summed E-state index contributed by atoms with van der Waals surface area (Å²) in [7, 11) is 1.70. The zero-order valence-electron chi connectivity index (χ0n) is 16.0. The highest BCUT2D eigenvalue weighted by Crippen LogP contribution is 2.23. The van der Waals surface area contributed by atoms with Crippen LogP contribution in [0, 0.1) is 11.8 Å². The first kappa shape index (κ1) is 19.7. The Morgan fingerprint density at radius 1 is 1.28 bits per heavy atom. The van der Waals surface area contributed by atoms with Gasteiger partial charge >= 0.3 is 6.03 Å². The van der Waals surface area contributed by atoms with E-state index in [1.165, 1.54) is 16.9 Å². The maximum atomic E-state index is 12.1. The van der Waals surface area contributed by atoms with Crippen LogP contribution in [-0.4, -0.2) is 53.7 Å². The number of nitrogens with zero attached hydrogens (tertiary/aromatic N) is 2. The summed E-state index contributed by atoms with van der Waals surface area (Å²) in [5.74, 6) is 1.48. The van der Waals surface area contributed by atoms with Gasteiger partial charge in [0.25, 0.3) is 0 Å². The van der Waals surface area contributed by atoms with E-state index in [-0.39, 0.29) is 6.03 Å². The van der Waals surface area contributed by atoms with Crippen molar-refractivity contribution in [2.24, 2.45) is 11.8 Å². The van der Waals surface area contributed by atoms with Gasteiger partial charge in [-0.3, -0.25) is 4.90 Å². The fraction of sp³-hybridized carbons (Fsp3) is 0.650. The Morgan fingerprint density at radius 2 is 1.88 bits per heavy atom. The molecule has 25 heavy (non-hydrogen) atoms. The highest BCUT2D eigenvalue weighted by Gasteiger charge is 2.22. The van der Waals surface area contributed by atoms with E-state index in [4.69, 9.17) is 0 Å². The Hall–Kier alpha value is -1.59. The first-order valence-corrected chi connectivity index (χ1v) is 9.31. The van der Waals surface area contributed by atoms with Crippen LogP contribution in [0.3, 0.4) is 0 Å². The first-order chi connectivity index (χ1) is 11.8. The molecule has 5 heteroatoms. The summed E-state index contributed by atoms with van der Waals surface area (Å²) in [6.45, 7) is 10.4. The van der Waals surface area contributed by atoms with E-state index in [1.807, 2.05) is 6.07 Å². The average Bonchev–Trinajstić information content (AvgIpc) is 2.52. The van der Waals surface area contributed by atoms with E-state index in [2.05, 4.69) is 42.3 Å². The minimum atomic E-state index is -0.522. The maximum absolute atomic E-state index is 12.1. The normalized spacial score (nSPS) is 22.4. The van der Waals surface area contributed by atoms with Gasteiger partial charge in [-0.25, -0.2) is 4.79 Å². The molecule has 0 bridgehead atoms. The largest absolute Gasteiger partial charge is 0.392 e. The van der Waals surface area contributed by atoms with Gasteiger partial charge in [-0.2, -0.15) is 0 Å². The van der Waals surface area contributed by atoms with Crippen molar-refractivity contribution in [3.8, 4) is 0 Å². The average molecular weight is 348 g/mol. The highest BCUT2D eigenvalue weighted by atomic mass is 16.3. The maximum Gasteiger partial charge on any atom is 0.317 e. The van der Waals surface area contributed by atoms with Crippen molar-refractivity contribution in [3.63, 3.8) is 0 Å². The number of hydrogen-bond acceptors (Lipinski definition) is 3. The van der Waals surface area contributed by atoms with Crippen LogP contribution in [0.25, 0.3) is 0 Å². The number of carbonyl (C=O) groups is 1. The molecule has 1 aliphatic rings. The standard InChI is InChI=1S/C20H33N3O2/c1-15-9-16(2)12-23(11-15)14-19-8-6-5-7-18(19)10-21-20(25)22(4)13-17(3)24/h5-8,15-17,24H,9-14H2,1-4H3,(H,21,25). The topological polar surface area (TPSA) is 55.8 Å². The summed E-state index contributed by atoms with van der Waals surface area (Å²) in [5.41, 5.74) is 2.44. The van der Waals surface area contributed by atoms with Crippen molar-refractivity contribution in [1.82, 2.24) is 15.1 Å². The van der Waals surface area contributed by atoms with Gasteiger partial charge in [-0.05, 0) is 36.3 Å². The van der Waals surface area contributed by atoms with Crippen LogP contribution in [0.15, 0.2) is 24.3 Å². The predicted octanol–water partition coefficient (Wildman–Crippen LogP) is 2.69. The number of amides is 2. The summed E-state index contributed by atoms with van der Waals surface area (Å²) >= 11 is 0. The van der Waals surface area contributed by atoms with Gasteiger partial charge in [0.2, 0.25) is 0 Å². The fourth-order valence-corrected chi connectivity index (χ4v) is 3.83. The number of likely N-dealkylation sites (N-methyl/N-ethyl adjacent to an activating group) is 1. The number of piperidine rings is 1. The van der Waals surface area contributed by atoms with E-state index >= 15 is 0 Å². The number of likely N-dealkylation sites (tertiary alicyclic amines) is 1. The molecule has 0 spiro atoms. The number of carbonyl (C=O) groups excluding carboxylic acids is 1. The quantitative estimate of drug-likeness (QED) is 0.832. The second-order valence-corrected chi connectivity index (χ2v) is 7.80. The van der Waals surface area contributed by atoms with Crippen LogP contribution in [0.5, 0.6) is 0 Å². The van der Waals surface area contributed by atoms with Gasteiger partial charge < -0.3 is 15.3 Å². The number of rotatable bonds is 6. The minimum Gasteiger partial charge on any atom is -0.392 e. The van der Waals surface area contributed by atoms with Gasteiger partial charge in [0.15, 0.2) is 0 Å². The van der Waals surface area contributed by atoms with Gasteiger partial charge in [0.1, 0.15) is 0 Å². The molecular weight excluding hydrogens is 314 g/mol. The Morgan fingerprint density at radius 3 is 2.48 bits per heavy atom. The lowest BCUT2D eigenvalue weighted by molar-refractivity contribution is 0.134. The molecule has 1 fully saturated rings. The predicted molar refractivity (Wildman–Crippen MR) is 101 cm³/mol. The van der Waals surface area contributed by atoms with E-state index in [9.17, 15) is 9.90 Å². The molecule has 140 valence electrons.